The minimum Gasteiger partial charge on any atom is -0.395 e. The maximum atomic E-state index is 13.7. The summed E-state index contributed by atoms with van der Waals surface area (Å²) in [5.41, 5.74) is 2.92. The number of carbonyl (C=O) groups excluding carboxylic acids is 1. The summed E-state index contributed by atoms with van der Waals surface area (Å²) in [7, 11) is -3.75. The van der Waals surface area contributed by atoms with Crippen LogP contribution in [0.15, 0.2) is 36.4 Å². The highest BCUT2D eigenvalue weighted by Crippen LogP contribution is 2.54. The van der Waals surface area contributed by atoms with Gasteiger partial charge in [0.1, 0.15) is 6.07 Å². The molecule has 5 rings (SSSR count). The molecule has 3 fully saturated rings. The van der Waals surface area contributed by atoms with E-state index in [0.717, 1.165) is 25.9 Å². The van der Waals surface area contributed by atoms with Gasteiger partial charge in [0.05, 0.1) is 40.5 Å². The average molecular weight is 574 g/mol. The summed E-state index contributed by atoms with van der Waals surface area (Å²) in [5.74, 6) is -3.57. The number of nitriles is 1. The minimum atomic E-state index is -3.75. The first-order valence-electron chi connectivity index (χ1n) is 13.5. The Balaban J connectivity index is 1.40. The zero-order chi connectivity index (χ0) is 28.5. The molecule has 0 aromatic heterocycles. The Kier molecular flexibility index (Phi) is 7.63. The second kappa shape index (κ2) is 10.9. The van der Waals surface area contributed by atoms with Crippen molar-refractivity contribution in [2.75, 3.05) is 58.4 Å². The van der Waals surface area contributed by atoms with Gasteiger partial charge in [0.25, 0.3) is 11.8 Å². The lowest BCUT2D eigenvalue weighted by atomic mass is 9.93. The molecule has 1 amide bonds. The molecule has 2 saturated heterocycles. The summed E-state index contributed by atoms with van der Waals surface area (Å²) in [4.78, 5) is 17.4. The van der Waals surface area contributed by atoms with Crippen molar-refractivity contribution in [1.29, 1.82) is 5.26 Å². The number of hydrogen-bond donors (Lipinski definition) is 3. The summed E-state index contributed by atoms with van der Waals surface area (Å²) in [6.45, 7) is 1.19. The zero-order valence-corrected chi connectivity index (χ0v) is 22.9. The van der Waals surface area contributed by atoms with E-state index in [1.165, 1.54) is 18.9 Å². The Labute approximate surface area is 232 Å². The minimum absolute atomic E-state index is 0.104. The van der Waals surface area contributed by atoms with E-state index in [9.17, 15) is 27.3 Å². The van der Waals surface area contributed by atoms with Gasteiger partial charge in [-0.05, 0) is 67.5 Å². The lowest BCUT2D eigenvalue weighted by molar-refractivity contribution is -0.0220. The molecule has 2 aromatic carbocycles. The summed E-state index contributed by atoms with van der Waals surface area (Å²) < 4.78 is 54.4. The molecule has 2 aromatic rings. The number of nitrogens with zero attached hydrogens (tertiary/aromatic N) is 3. The van der Waals surface area contributed by atoms with Gasteiger partial charge in [-0.2, -0.15) is 5.26 Å². The van der Waals surface area contributed by atoms with E-state index in [2.05, 4.69) is 21.0 Å². The maximum absolute atomic E-state index is 13.7. The van der Waals surface area contributed by atoms with E-state index in [0.29, 0.717) is 39.3 Å². The first-order chi connectivity index (χ1) is 19.0. The van der Waals surface area contributed by atoms with Gasteiger partial charge in [0.15, 0.2) is 0 Å². The van der Waals surface area contributed by atoms with Crippen LogP contribution < -0.4 is 19.8 Å². The number of anilines is 4. The third-order valence-electron chi connectivity index (χ3n) is 8.21. The fraction of sp³-hybridized carbons (Fsp3) is 0.500. The molecule has 12 heteroatoms. The normalized spacial score (nSPS) is 19.6. The van der Waals surface area contributed by atoms with E-state index in [4.69, 9.17) is 5.11 Å². The number of aliphatic hydroxyl groups excluding tert-OH is 1. The molecule has 0 radical (unpaired) electrons. The van der Waals surface area contributed by atoms with Crippen LogP contribution in [0.2, 0.25) is 0 Å². The Bertz CT molecular complexity index is 1420. The Morgan fingerprint density at radius 2 is 1.52 bits per heavy atom. The second-order valence-electron chi connectivity index (χ2n) is 11.0. The fourth-order valence-corrected chi connectivity index (χ4v) is 6.37. The van der Waals surface area contributed by atoms with Crippen LogP contribution in [0.3, 0.4) is 0 Å². The van der Waals surface area contributed by atoms with Gasteiger partial charge in [-0.3, -0.25) is 9.52 Å². The van der Waals surface area contributed by atoms with E-state index in [-0.39, 0.29) is 25.9 Å². The molecule has 40 heavy (non-hydrogen) atoms. The van der Waals surface area contributed by atoms with Crippen molar-refractivity contribution in [3.05, 3.63) is 47.5 Å². The van der Waals surface area contributed by atoms with Crippen LogP contribution in [0, 0.1) is 16.7 Å². The molecule has 2 heterocycles. The predicted octanol–water partition coefficient (Wildman–Crippen LogP) is 4.16. The summed E-state index contributed by atoms with van der Waals surface area (Å²) in [6.07, 6.45) is 3.83. The van der Waals surface area contributed by atoms with Crippen LogP contribution in [0.4, 0.5) is 31.5 Å². The first kappa shape index (κ1) is 28.1. The number of halogens is 2. The summed E-state index contributed by atoms with van der Waals surface area (Å²) >= 11 is 0. The number of amides is 1. The number of alkyl halides is 2. The highest BCUT2D eigenvalue weighted by Gasteiger charge is 2.44. The Hall–Kier alpha value is -3.43. The molecule has 0 atom stereocenters. The highest BCUT2D eigenvalue weighted by atomic mass is 32.2. The number of rotatable bonds is 8. The van der Waals surface area contributed by atoms with Gasteiger partial charge in [-0.25, -0.2) is 17.2 Å². The molecular weight excluding hydrogens is 540 g/mol. The van der Waals surface area contributed by atoms with Crippen LogP contribution in [-0.4, -0.2) is 63.9 Å². The molecule has 9 nitrogen and oxygen atoms in total. The van der Waals surface area contributed by atoms with E-state index >= 15 is 0 Å². The van der Waals surface area contributed by atoms with Crippen molar-refractivity contribution < 1.29 is 27.1 Å². The van der Waals surface area contributed by atoms with Crippen molar-refractivity contribution in [2.24, 2.45) is 5.41 Å². The number of nitrogens with one attached hydrogen (secondary N) is 2. The van der Waals surface area contributed by atoms with Gasteiger partial charge in [-0.1, -0.05) is 0 Å². The van der Waals surface area contributed by atoms with Crippen molar-refractivity contribution in [2.45, 2.75) is 44.4 Å². The van der Waals surface area contributed by atoms with Gasteiger partial charge in [-0.15, -0.1) is 0 Å². The number of aliphatic hydroxyl groups is 1. The zero-order valence-electron chi connectivity index (χ0n) is 22.1. The Morgan fingerprint density at radius 3 is 2.15 bits per heavy atom. The monoisotopic (exact) mass is 573 g/mol. The van der Waals surface area contributed by atoms with E-state index in [1.807, 2.05) is 0 Å². The first-order valence-corrected chi connectivity index (χ1v) is 15.2. The fourth-order valence-electron chi connectivity index (χ4n) is 5.54. The van der Waals surface area contributed by atoms with Crippen molar-refractivity contribution in [3.8, 4) is 6.07 Å². The standard InChI is InChI=1S/C28H33F2N5O4S/c29-28(30)9-13-34(14-10-28)24-17-21(2-1-20(24)19-31)32-26(37)23-4-3-22(33-40(38,39)16-15-36)18-25(23)35-11-7-27(5-6-27)8-12-35/h1-4,17-18,33,36H,5-16H2,(H,32,37). The maximum Gasteiger partial charge on any atom is 0.257 e. The number of hydrogen-bond acceptors (Lipinski definition) is 7. The average Bonchev–Trinajstić information content (AvgIpc) is 3.67. The van der Waals surface area contributed by atoms with Gasteiger partial charge in [0, 0.05) is 44.7 Å². The van der Waals surface area contributed by atoms with Gasteiger partial charge < -0.3 is 20.2 Å². The number of benzene rings is 2. The number of carbonyl (C=O) groups is 1. The SMILES string of the molecule is N#Cc1ccc(NC(=O)c2ccc(NS(=O)(=O)CCO)cc2N2CCC3(CC2)CC3)cc1N1CCC(F)(F)CC1. The topological polar surface area (TPSA) is 126 Å². The Morgan fingerprint density at radius 1 is 0.925 bits per heavy atom. The third-order valence-corrected chi connectivity index (χ3v) is 9.48. The molecule has 3 N–H and O–H groups in total. The molecule has 0 bridgehead atoms. The van der Waals surface area contributed by atoms with Gasteiger partial charge >= 0.3 is 0 Å². The molecular formula is C28H33F2N5O4S. The molecule has 214 valence electrons. The van der Waals surface area contributed by atoms with E-state index < -0.39 is 34.2 Å². The van der Waals surface area contributed by atoms with E-state index in [1.54, 1.807) is 35.2 Å². The van der Waals surface area contributed by atoms with Crippen LogP contribution in [0.1, 0.15) is 54.4 Å². The van der Waals surface area contributed by atoms with Crippen LogP contribution in [-0.2, 0) is 10.0 Å². The number of piperidine rings is 2. The van der Waals surface area contributed by atoms with Gasteiger partial charge in [0.2, 0.25) is 10.0 Å². The number of sulfonamides is 1. The third kappa shape index (κ3) is 6.31. The quantitative estimate of drug-likeness (QED) is 0.433. The molecule has 0 unspecified atom stereocenters. The van der Waals surface area contributed by atoms with Crippen molar-refractivity contribution in [3.63, 3.8) is 0 Å². The summed E-state index contributed by atoms with van der Waals surface area (Å²) in [6, 6.07) is 11.6. The summed E-state index contributed by atoms with van der Waals surface area (Å²) in [5, 5.41) is 21.5. The largest absolute Gasteiger partial charge is 0.395 e. The second-order valence-corrected chi connectivity index (χ2v) is 12.8. The predicted molar refractivity (Wildman–Crippen MR) is 150 cm³/mol. The molecule has 1 saturated carbocycles. The van der Waals surface area contributed by atoms with Crippen molar-refractivity contribution >= 4 is 38.7 Å². The van der Waals surface area contributed by atoms with Crippen molar-refractivity contribution in [1.82, 2.24) is 0 Å². The highest BCUT2D eigenvalue weighted by molar-refractivity contribution is 7.92. The molecule has 1 spiro atoms. The lowest BCUT2D eigenvalue weighted by Gasteiger charge is -2.35. The molecule has 1 aliphatic carbocycles. The van der Waals surface area contributed by atoms with Crippen LogP contribution >= 0.6 is 0 Å². The van der Waals surface area contributed by atoms with Crippen LogP contribution in [0.5, 0.6) is 0 Å². The molecule has 3 aliphatic rings. The smallest absolute Gasteiger partial charge is 0.257 e. The lowest BCUT2D eigenvalue weighted by Crippen LogP contribution is -2.39. The van der Waals surface area contributed by atoms with Crippen LogP contribution in [0.25, 0.3) is 0 Å². The molecule has 2 aliphatic heterocycles.